The van der Waals surface area contributed by atoms with Crippen LogP contribution in [0.3, 0.4) is 0 Å². The molecule has 1 aliphatic rings. The highest BCUT2D eigenvalue weighted by Gasteiger charge is 2.30. The maximum atomic E-state index is 12.7. The Kier molecular flexibility index (Phi) is 5.33. The molecule has 5 nitrogen and oxygen atoms in total. The highest BCUT2D eigenvalue weighted by Crippen LogP contribution is 2.31. The summed E-state index contributed by atoms with van der Waals surface area (Å²) in [5, 5.41) is 2.84. The summed E-state index contributed by atoms with van der Waals surface area (Å²) < 4.78 is 39.5. The van der Waals surface area contributed by atoms with Crippen LogP contribution in [0, 0.1) is 0 Å². The number of anilines is 1. The molecule has 0 unspecified atom stereocenters. The molecule has 1 aromatic carbocycles. The molecule has 26 heavy (non-hydrogen) atoms. The monoisotopic (exact) mass is 401 g/mol. The van der Waals surface area contributed by atoms with Gasteiger partial charge in [0.1, 0.15) is 0 Å². The predicted octanol–water partition coefficient (Wildman–Crippen LogP) is 3.18. The SMILES string of the molecule is Cn1c(SCC(=O)Nc2cccc(C(F)(F)F)c2)nc2c(c1=O)SCC2. The van der Waals surface area contributed by atoms with Crippen molar-refractivity contribution in [2.24, 2.45) is 7.05 Å². The number of alkyl halides is 3. The molecule has 0 saturated heterocycles. The number of aryl methyl sites for hydroxylation is 1. The van der Waals surface area contributed by atoms with Crippen molar-refractivity contribution < 1.29 is 18.0 Å². The Morgan fingerprint density at radius 1 is 1.42 bits per heavy atom. The Balaban J connectivity index is 1.67. The zero-order chi connectivity index (χ0) is 18.9. The van der Waals surface area contributed by atoms with Crippen LogP contribution in [0.5, 0.6) is 0 Å². The van der Waals surface area contributed by atoms with Gasteiger partial charge in [0.05, 0.1) is 21.9 Å². The summed E-state index contributed by atoms with van der Waals surface area (Å²) in [5.74, 6) is 0.267. The maximum Gasteiger partial charge on any atom is 0.416 e. The van der Waals surface area contributed by atoms with Gasteiger partial charge in [0.2, 0.25) is 5.91 Å². The van der Waals surface area contributed by atoms with Gasteiger partial charge in [-0.05, 0) is 18.2 Å². The molecule has 1 amide bonds. The third kappa shape index (κ3) is 4.07. The van der Waals surface area contributed by atoms with E-state index in [1.165, 1.54) is 28.5 Å². The predicted molar refractivity (Wildman–Crippen MR) is 94.7 cm³/mol. The quantitative estimate of drug-likeness (QED) is 0.630. The second kappa shape index (κ2) is 7.36. The van der Waals surface area contributed by atoms with Crippen molar-refractivity contribution in [3.8, 4) is 0 Å². The van der Waals surface area contributed by atoms with E-state index in [4.69, 9.17) is 0 Å². The van der Waals surface area contributed by atoms with Gasteiger partial charge in [0.15, 0.2) is 5.16 Å². The molecule has 3 rings (SSSR count). The molecule has 1 aromatic heterocycles. The lowest BCUT2D eigenvalue weighted by atomic mass is 10.2. The highest BCUT2D eigenvalue weighted by molar-refractivity contribution is 8.00. The normalized spacial score (nSPS) is 13.5. The number of fused-ring (bicyclic) bond motifs is 1. The molecule has 138 valence electrons. The lowest BCUT2D eigenvalue weighted by Gasteiger charge is -2.11. The fourth-order valence-electron chi connectivity index (χ4n) is 2.40. The molecule has 0 saturated carbocycles. The van der Waals surface area contributed by atoms with Crippen LogP contribution >= 0.6 is 23.5 Å². The van der Waals surface area contributed by atoms with Crippen LogP contribution in [-0.2, 0) is 24.4 Å². The summed E-state index contributed by atoms with van der Waals surface area (Å²) in [6.45, 7) is 0. The number of amides is 1. The van der Waals surface area contributed by atoms with Gasteiger partial charge < -0.3 is 5.32 Å². The Morgan fingerprint density at radius 3 is 2.92 bits per heavy atom. The van der Waals surface area contributed by atoms with E-state index in [1.54, 1.807) is 7.05 Å². The standard InChI is InChI=1S/C16H14F3N3O2S2/c1-22-14(24)13-11(5-6-25-13)21-15(22)26-8-12(23)20-10-4-2-3-9(7-10)16(17,18)19/h2-4,7H,5-6,8H2,1H3,(H,20,23). The summed E-state index contributed by atoms with van der Waals surface area (Å²) in [6.07, 6.45) is -3.76. The summed E-state index contributed by atoms with van der Waals surface area (Å²) in [4.78, 5) is 29.3. The van der Waals surface area contributed by atoms with E-state index >= 15 is 0 Å². The van der Waals surface area contributed by atoms with Gasteiger partial charge in [-0.25, -0.2) is 4.98 Å². The molecule has 0 bridgehead atoms. The van der Waals surface area contributed by atoms with Crippen molar-refractivity contribution in [3.63, 3.8) is 0 Å². The molecule has 0 atom stereocenters. The largest absolute Gasteiger partial charge is 0.416 e. The molecule has 1 aliphatic heterocycles. The van der Waals surface area contributed by atoms with Crippen molar-refractivity contribution in [1.82, 2.24) is 9.55 Å². The molecule has 0 radical (unpaired) electrons. The lowest BCUT2D eigenvalue weighted by Crippen LogP contribution is -2.23. The molecule has 1 N–H and O–H groups in total. The van der Waals surface area contributed by atoms with Crippen LogP contribution in [0.1, 0.15) is 11.3 Å². The van der Waals surface area contributed by atoms with E-state index in [2.05, 4.69) is 10.3 Å². The Hall–Kier alpha value is -1.94. The Morgan fingerprint density at radius 2 is 2.19 bits per heavy atom. The minimum absolute atomic E-state index is 0.0670. The molecule has 0 spiro atoms. The zero-order valence-corrected chi connectivity index (χ0v) is 15.2. The number of hydrogen-bond acceptors (Lipinski definition) is 5. The first-order chi connectivity index (χ1) is 12.3. The topological polar surface area (TPSA) is 64.0 Å². The number of hydrogen-bond donors (Lipinski definition) is 1. The van der Waals surface area contributed by atoms with Crippen LogP contribution in [0.15, 0.2) is 39.1 Å². The average molecular weight is 401 g/mol. The lowest BCUT2D eigenvalue weighted by molar-refractivity contribution is -0.137. The van der Waals surface area contributed by atoms with E-state index in [-0.39, 0.29) is 17.0 Å². The minimum atomic E-state index is -4.47. The highest BCUT2D eigenvalue weighted by atomic mass is 32.2. The second-order valence-electron chi connectivity index (χ2n) is 5.55. The molecule has 2 heterocycles. The number of carbonyl (C=O) groups is 1. The molecule has 0 fully saturated rings. The van der Waals surface area contributed by atoms with Crippen molar-refractivity contribution in [1.29, 1.82) is 0 Å². The number of halogens is 3. The van der Waals surface area contributed by atoms with Crippen LogP contribution in [0.2, 0.25) is 0 Å². The van der Waals surface area contributed by atoms with Crippen LogP contribution in [0.4, 0.5) is 18.9 Å². The van der Waals surface area contributed by atoms with E-state index in [1.807, 2.05) is 0 Å². The summed E-state index contributed by atoms with van der Waals surface area (Å²) in [6, 6.07) is 4.43. The van der Waals surface area contributed by atoms with Crippen molar-refractivity contribution in [3.05, 3.63) is 45.9 Å². The number of nitrogens with one attached hydrogen (secondary N) is 1. The van der Waals surface area contributed by atoms with Crippen LogP contribution in [-0.4, -0.2) is 27.0 Å². The van der Waals surface area contributed by atoms with Gasteiger partial charge in [-0.2, -0.15) is 13.2 Å². The number of nitrogens with zero attached hydrogens (tertiary/aromatic N) is 2. The Bertz CT molecular complexity index is 913. The molecular formula is C16H14F3N3O2S2. The fraction of sp³-hybridized carbons (Fsp3) is 0.312. The number of benzene rings is 1. The first-order valence-electron chi connectivity index (χ1n) is 7.58. The van der Waals surface area contributed by atoms with Gasteiger partial charge >= 0.3 is 6.18 Å². The van der Waals surface area contributed by atoms with Gasteiger partial charge in [-0.1, -0.05) is 17.8 Å². The summed E-state index contributed by atoms with van der Waals surface area (Å²) >= 11 is 2.54. The molecular weight excluding hydrogens is 387 g/mol. The molecule has 2 aromatic rings. The fourth-order valence-corrected chi connectivity index (χ4v) is 4.26. The molecule has 0 aliphatic carbocycles. The van der Waals surface area contributed by atoms with Gasteiger partial charge in [0.25, 0.3) is 5.56 Å². The number of carbonyl (C=O) groups excluding carboxylic acids is 1. The van der Waals surface area contributed by atoms with Crippen LogP contribution in [0.25, 0.3) is 0 Å². The van der Waals surface area contributed by atoms with E-state index in [9.17, 15) is 22.8 Å². The number of thioether (sulfide) groups is 2. The minimum Gasteiger partial charge on any atom is -0.325 e. The smallest absolute Gasteiger partial charge is 0.325 e. The third-order valence-electron chi connectivity index (χ3n) is 3.67. The van der Waals surface area contributed by atoms with Crippen molar-refractivity contribution >= 4 is 35.1 Å². The first kappa shape index (κ1) is 18.8. The average Bonchev–Trinajstić information content (AvgIpc) is 3.05. The van der Waals surface area contributed by atoms with E-state index in [0.717, 1.165) is 35.3 Å². The van der Waals surface area contributed by atoms with E-state index < -0.39 is 17.6 Å². The summed E-state index contributed by atoms with van der Waals surface area (Å²) in [7, 11) is 1.58. The second-order valence-corrected chi connectivity index (χ2v) is 7.60. The zero-order valence-electron chi connectivity index (χ0n) is 13.6. The van der Waals surface area contributed by atoms with Gasteiger partial charge in [-0.3, -0.25) is 14.2 Å². The van der Waals surface area contributed by atoms with Crippen molar-refractivity contribution in [2.75, 3.05) is 16.8 Å². The Labute approximate surface area is 155 Å². The van der Waals surface area contributed by atoms with Gasteiger partial charge in [0, 0.05) is 24.9 Å². The number of rotatable bonds is 4. The van der Waals surface area contributed by atoms with Crippen molar-refractivity contribution in [2.45, 2.75) is 22.6 Å². The maximum absolute atomic E-state index is 12.7. The third-order valence-corrected chi connectivity index (χ3v) is 5.81. The van der Waals surface area contributed by atoms with E-state index in [0.29, 0.717) is 16.5 Å². The molecule has 10 heteroatoms. The van der Waals surface area contributed by atoms with Crippen LogP contribution < -0.4 is 10.9 Å². The first-order valence-corrected chi connectivity index (χ1v) is 9.55. The van der Waals surface area contributed by atoms with Gasteiger partial charge in [-0.15, -0.1) is 11.8 Å². The number of aromatic nitrogens is 2. The summed E-state index contributed by atoms with van der Waals surface area (Å²) in [5.41, 5.74) is -0.169.